The van der Waals surface area contributed by atoms with E-state index in [2.05, 4.69) is 5.10 Å². The molecule has 1 aromatic heterocycles. The summed E-state index contributed by atoms with van der Waals surface area (Å²) in [6.45, 7) is 4.48. The average Bonchev–Trinajstić information content (AvgIpc) is 2.61. The lowest BCUT2D eigenvalue weighted by molar-refractivity contribution is -0.0245. The molecule has 0 bridgehead atoms. The van der Waals surface area contributed by atoms with Crippen molar-refractivity contribution in [3.05, 3.63) is 18.0 Å². The normalized spacial score (nSPS) is 15.2. The van der Waals surface area contributed by atoms with Crippen molar-refractivity contribution in [2.24, 2.45) is 7.05 Å². The first kappa shape index (κ1) is 12.2. The molecule has 0 aliphatic carbocycles. The fourth-order valence-corrected chi connectivity index (χ4v) is 1.52. The lowest BCUT2D eigenvalue weighted by Crippen LogP contribution is -2.26. The highest BCUT2D eigenvalue weighted by Crippen LogP contribution is 2.08. The van der Waals surface area contributed by atoms with Gasteiger partial charge in [-0.25, -0.2) is 0 Å². The fourth-order valence-electron chi connectivity index (χ4n) is 1.52. The second-order valence-electron chi connectivity index (χ2n) is 3.79. The Morgan fingerprint density at radius 1 is 1.60 bits per heavy atom. The smallest absolute Gasteiger partial charge is 0.0805 e. The Morgan fingerprint density at radius 3 is 2.87 bits per heavy atom. The summed E-state index contributed by atoms with van der Waals surface area (Å²) in [7, 11) is 1.89. The maximum atomic E-state index is 9.76. The minimum atomic E-state index is -0.398. The summed E-state index contributed by atoms with van der Waals surface area (Å²) in [6, 6.07) is 0. The Morgan fingerprint density at radius 2 is 2.33 bits per heavy atom. The van der Waals surface area contributed by atoms with Crippen molar-refractivity contribution >= 4 is 0 Å². The highest BCUT2D eigenvalue weighted by atomic mass is 16.5. The SMILES string of the molecule is CCOC(C)C(O)CCc1cnn(C)c1. The molecule has 86 valence electrons. The third kappa shape index (κ3) is 4.01. The molecule has 0 saturated heterocycles. The standard InChI is InChI=1S/C11H20N2O2/c1-4-15-9(2)11(14)6-5-10-7-12-13(3)8-10/h7-9,11,14H,4-6H2,1-3H3. The second kappa shape index (κ2) is 5.88. The van der Waals surface area contributed by atoms with Crippen LogP contribution in [0.25, 0.3) is 0 Å². The molecule has 15 heavy (non-hydrogen) atoms. The molecule has 1 N–H and O–H groups in total. The molecule has 2 atom stereocenters. The molecule has 0 aliphatic heterocycles. The third-order valence-corrected chi connectivity index (χ3v) is 2.46. The van der Waals surface area contributed by atoms with Crippen LogP contribution in [0.1, 0.15) is 25.8 Å². The topological polar surface area (TPSA) is 47.3 Å². The van der Waals surface area contributed by atoms with Crippen LogP contribution in [0.3, 0.4) is 0 Å². The molecule has 0 amide bonds. The van der Waals surface area contributed by atoms with Crippen molar-refractivity contribution in [3.8, 4) is 0 Å². The maximum Gasteiger partial charge on any atom is 0.0805 e. The van der Waals surface area contributed by atoms with Crippen LogP contribution < -0.4 is 0 Å². The third-order valence-electron chi connectivity index (χ3n) is 2.46. The van der Waals surface area contributed by atoms with E-state index in [-0.39, 0.29) is 6.10 Å². The van der Waals surface area contributed by atoms with Crippen LogP contribution >= 0.6 is 0 Å². The van der Waals surface area contributed by atoms with Gasteiger partial charge in [0.15, 0.2) is 0 Å². The highest BCUT2D eigenvalue weighted by molar-refractivity contribution is 5.03. The Hall–Kier alpha value is -0.870. The van der Waals surface area contributed by atoms with E-state index in [1.54, 1.807) is 4.68 Å². The number of hydrogen-bond acceptors (Lipinski definition) is 3. The molecule has 2 unspecified atom stereocenters. The average molecular weight is 212 g/mol. The number of aromatic nitrogens is 2. The van der Waals surface area contributed by atoms with Gasteiger partial charge in [-0.05, 0) is 32.3 Å². The molecule has 0 fully saturated rings. The Bertz CT molecular complexity index is 286. The van der Waals surface area contributed by atoms with Gasteiger partial charge in [-0.1, -0.05) is 0 Å². The molecule has 0 aromatic carbocycles. The van der Waals surface area contributed by atoms with E-state index in [9.17, 15) is 5.11 Å². The number of aliphatic hydroxyl groups is 1. The first-order chi connectivity index (χ1) is 7.13. The number of ether oxygens (including phenoxy) is 1. The lowest BCUT2D eigenvalue weighted by Gasteiger charge is -2.18. The van der Waals surface area contributed by atoms with Crippen molar-refractivity contribution < 1.29 is 9.84 Å². The van der Waals surface area contributed by atoms with Gasteiger partial charge in [0.25, 0.3) is 0 Å². The van der Waals surface area contributed by atoms with Gasteiger partial charge in [-0.3, -0.25) is 4.68 Å². The molecule has 1 heterocycles. The van der Waals surface area contributed by atoms with E-state index < -0.39 is 6.10 Å². The summed E-state index contributed by atoms with van der Waals surface area (Å²) in [5.74, 6) is 0. The van der Waals surface area contributed by atoms with Gasteiger partial charge in [0, 0.05) is 19.9 Å². The summed E-state index contributed by atoms with van der Waals surface area (Å²) in [5, 5.41) is 13.8. The molecule has 4 nitrogen and oxygen atoms in total. The number of rotatable bonds is 6. The van der Waals surface area contributed by atoms with Crippen molar-refractivity contribution in [1.82, 2.24) is 9.78 Å². The number of aliphatic hydroxyl groups excluding tert-OH is 1. The van der Waals surface area contributed by atoms with Gasteiger partial charge in [0.05, 0.1) is 18.4 Å². The summed E-state index contributed by atoms with van der Waals surface area (Å²) < 4.78 is 7.10. The molecule has 0 spiro atoms. The summed E-state index contributed by atoms with van der Waals surface area (Å²) >= 11 is 0. The number of aryl methyl sites for hydroxylation is 2. The van der Waals surface area contributed by atoms with Gasteiger partial charge in [0.2, 0.25) is 0 Å². The molecule has 0 saturated carbocycles. The zero-order valence-corrected chi connectivity index (χ0v) is 9.68. The molecular formula is C11H20N2O2. The van der Waals surface area contributed by atoms with E-state index in [0.717, 1.165) is 12.0 Å². The molecule has 1 aromatic rings. The Labute approximate surface area is 90.9 Å². The first-order valence-corrected chi connectivity index (χ1v) is 5.40. The zero-order valence-electron chi connectivity index (χ0n) is 9.68. The van der Waals surface area contributed by atoms with Crippen LogP contribution in [0.5, 0.6) is 0 Å². The van der Waals surface area contributed by atoms with Gasteiger partial charge in [0.1, 0.15) is 0 Å². The first-order valence-electron chi connectivity index (χ1n) is 5.40. The Balaban J connectivity index is 2.30. The minimum Gasteiger partial charge on any atom is -0.390 e. The van der Waals surface area contributed by atoms with Crippen molar-refractivity contribution in [2.45, 2.75) is 38.9 Å². The molecule has 0 radical (unpaired) electrons. The van der Waals surface area contributed by atoms with Crippen LogP contribution in [-0.2, 0) is 18.2 Å². The maximum absolute atomic E-state index is 9.76. The van der Waals surface area contributed by atoms with Gasteiger partial charge in [-0.15, -0.1) is 0 Å². The molecule has 0 aliphatic rings. The number of nitrogens with zero attached hydrogens (tertiary/aromatic N) is 2. The number of hydrogen-bond donors (Lipinski definition) is 1. The van der Waals surface area contributed by atoms with E-state index in [1.165, 1.54) is 0 Å². The van der Waals surface area contributed by atoms with Gasteiger partial charge < -0.3 is 9.84 Å². The quantitative estimate of drug-likeness (QED) is 0.769. The van der Waals surface area contributed by atoms with E-state index >= 15 is 0 Å². The highest BCUT2D eigenvalue weighted by Gasteiger charge is 2.14. The predicted octanol–water partition coefficient (Wildman–Crippen LogP) is 1.14. The zero-order chi connectivity index (χ0) is 11.3. The summed E-state index contributed by atoms with van der Waals surface area (Å²) in [5.41, 5.74) is 1.15. The minimum absolute atomic E-state index is 0.0910. The predicted molar refractivity (Wildman–Crippen MR) is 58.6 cm³/mol. The van der Waals surface area contributed by atoms with Crippen LogP contribution in [0.2, 0.25) is 0 Å². The second-order valence-corrected chi connectivity index (χ2v) is 3.79. The molecular weight excluding hydrogens is 192 g/mol. The van der Waals surface area contributed by atoms with Crippen LogP contribution in [0, 0.1) is 0 Å². The van der Waals surface area contributed by atoms with E-state index in [0.29, 0.717) is 13.0 Å². The van der Waals surface area contributed by atoms with Crippen molar-refractivity contribution in [1.29, 1.82) is 0 Å². The van der Waals surface area contributed by atoms with Crippen LogP contribution in [0.15, 0.2) is 12.4 Å². The van der Waals surface area contributed by atoms with E-state index in [4.69, 9.17) is 4.74 Å². The van der Waals surface area contributed by atoms with E-state index in [1.807, 2.05) is 33.3 Å². The molecule has 4 heteroatoms. The van der Waals surface area contributed by atoms with Crippen LogP contribution in [0.4, 0.5) is 0 Å². The monoisotopic (exact) mass is 212 g/mol. The van der Waals surface area contributed by atoms with Crippen LogP contribution in [-0.4, -0.2) is 33.7 Å². The lowest BCUT2D eigenvalue weighted by atomic mass is 10.1. The van der Waals surface area contributed by atoms with Crippen molar-refractivity contribution in [2.75, 3.05) is 6.61 Å². The molecule has 1 rings (SSSR count). The summed E-state index contributed by atoms with van der Waals surface area (Å²) in [6.07, 6.45) is 4.87. The van der Waals surface area contributed by atoms with Gasteiger partial charge in [-0.2, -0.15) is 5.10 Å². The Kier molecular flexibility index (Phi) is 4.78. The summed E-state index contributed by atoms with van der Waals surface area (Å²) in [4.78, 5) is 0. The largest absolute Gasteiger partial charge is 0.390 e. The van der Waals surface area contributed by atoms with Gasteiger partial charge >= 0.3 is 0 Å². The van der Waals surface area contributed by atoms with Crippen molar-refractivity contribution in [3.63, 3.8) is 0 Å². The fraction of sp³-hybridized carbons (Fsp3) is 0.727.